The molecule has 9 nitrogen and oxygen atoms in total. The van der Waals surface area contributed by atoms with E-state index in [9.17, 15) is 9.18 Å². The Balaban J connectivity index is 1.21. The highest BCUT2D eigenvalue weighted by Crippen LogP contribution is 2.35. The number of fused-ring (bicyclic) bond motifs is 1. The maximum atomic E-state index is 13.5. The summed E-state index contributed by atoms with van der Waals surface area (Å²) < 4.78 is 36.2. The van der Waals surface area contributed by atoms with Crippen LogP contribution in [0.25, 0.3) is 10.9 Å². The Morgan fingerprint density at radius 1 is 1.19 bits per heavy atom. The fourth-order valence-corrected chi connectivity index (χ4v) is 4.85. The van der Waals surface area contributed by atoms with Crippen molar-refractivity contribution in [3.05, 3.63) is 47.5 Å². The number of rotatable bonds is 8. The van der Waals surface area contributed by atoms with Gasteiger partial charge in [0.15, 0.2) is 11.5 Å². The Morgan fingerprint density at radius 2 is 2.03 bits per heavy atom. The molecular weight excluding hydrogens is 503 g/mol. The average Bonchev–Trinajstić information content (AvgIpc) is 2.89. The molecule has 1 aromatic heterocycles. The standard InChI is InChI=1S/C26H28ClFN4O5/c1-34-22-13-21-18(25(30-16-29-21)31-17-3-4-20(28)19(27)11-17)12-23(22)36-10-2-7-32-8-5-26(6-9-32)15-35-14-24(33)37-26/h3-4,11-13,16H,2,5-10,14-15H2,1H3,(H,29,30,31). The number of halogens is 2. The molecule has 0 saturated carbocycles. The van der Waals surface area contributed by atoms with Crippen molar-refractivity contribution >= 4 is 40.0 Å². The van der Waals surface area contributed by atoms with Gasteiger partial charge in [0.1, 0.15) is 30.2 Å². The van der Waals surface area contributed by atoms with Gasteiger partial charge in [-0.25, -0.2) is 19.2 Å². The van der Waals surface area contributed by atoms with Gasteiger partial charge >= 0.3 is 5.97 Å². The third-order valence-corrected chi connectivity index (χ3v) is 6.95. The van der Waals surface area contributed by atoms with Gasteiger partial charge in [-0.3, -0.25) is 0 Å². The summed E-state index contributed by atoms with van der Waals surface area (Å²) in [5.41, 5.74) is 0.806. The van der Waals surface area contributed by atoms with Gasteiger partial charge in [0.05, 0.1) is 30.9 Å². The van der Waals surface area contributed by atoms with Crippen LogP contribution in [-0.4, -0.2) is 73.0 Å². The fraction of sp³-hybridized carbons (Fsp3) is 0.423. The molecule has 0 radical (unpaired) electrons. The van der Waals surface area contributed by atoms with Crippen LogP contribution in [0.5, 0.6) is 11.5 Å². The molecule has 3 aromatic rings. The Bertz CT molecular complexity index is 1290. The van der Waals surface area contributed by atoms with E-state index in [2.05, 4.69) is 20.2 Å². The number of esters is 1. The summed E-state index contributed by atoms with van der Waals surface area (Å²) in [5, 5.41) is 3.92. The molecular formula is C26H28ClFN4O5. The minimum Gasteiger partial charge on any atom is -0.493 e. The Kier molecular flexibility index (Phi) is 7.59. The first-order valence-electron chi connectivity index (χ1n) is 12.1. The van der Waals surface area contributed by atoms with E-state index in [4.69, 9.17) is 30.5 Å². The first kappa shape index (κ1) is 25.4. The number of hydrogen-bond donors (Lipinski definition) is 1. The van der Waals surface area contributed by atoms with Gasteiger partial charge in [-0.05, 0) is 30.7 Å². The van der Waals surface area contributed by atoms with E-state index in [1.165, 1.54) is 18.5 Å². The van der Waals surface area contributed by atoms with Crippen LogP contribution in [0, 0.1) is 5.82 Å². The van der Waals surface area contributed by atoms with E-state index in [-0.39, 0.29) is 17.6 Å². The Hall–Kier alpha value is -3.21. The molecule has 5 rings (SSSR count). The number of anilines is 2. The maximum Gasteiger partial charge on any atom is 0.332 e. The van der Waals surface area contributed by atoms with Crippen LogP contribution in [0.4, 0.5) is 15.9 Å². The quantitative estimate of drug-likeness (QED) is 0.337. The number of nitrogens with zero attached hydrogens (tertiary/aromatic N) is 3. The van der Waals surface area contributed by atoms with Crippen LogP contribution in [0.15, 0.2) is 36.7 Å². The highest BCUT2D eigenvalue weighted by molar-refractivity contribution is 6.31. The molecule has 3 heterocycles. The molecule has 1 N–H and O–H groups in total. The van der Waals surface area contributed by atoms with Crippen molar-refractivity contribution in [1.29, 1.82) is 0 Å². The molecule has 2 aliphatic heterocycles. The lowest BCUT2D eigenvalue weighted by molar-refractivity contribution is -0.197. The molecule has 37 heavy (non-hydrogen) atoms. The van der Waals surface area contributed by atoms with Crippen molar-refractivity contribution in [2.24, 2.45) is 0 Å². The zero-order chi connectivity index (χ0) is 25.8. The van der Waals surface area contributed by atoms with Crippen LogP contribution < -0.4 is 14.8 Å². The molecule has 196 valence electrons. The molecule has 2 fully saturated rings. The summed E-state index contributed by atoms with van der Waals surface area (Å²) >= 11 is 5.92. The van der Waals surface area contributed by atoms with Gasteiger partial charge in [-0.2, -0.15) is 0 Å². The van der Waals surface area contributed by atoms with E-state index >= 15 is 0 Å². The highest BCUT2D eigenvalue weighted by atomic mass is 35.5. The number of carbonyl (C=O) groups is 1. The van der Waals surface area contributed by atoms with Crippen molar-refractivity contribution in [1.82, 2.24) is 14.9 Å². The van der Waals surface area contributed by atoms with E-state index in [1.54, 1.807) is 19.2 Å². The van der Waals surface area contributed by atoms with Gasteiger partial charge in [0, 0.05) is 49.6 Å². The largest absolute Gasteiger partial charge is 0.493 e. The van der Waals surface area contributed by atoms with Gasteiger partial charge in [0.2, 0.25) is 0 Å². The molecule has 2 aliphatic rings. The monoisotopic (exact) mass is 530 g/mol. The van der Waals surface area contributed by atoms with Crippen LogP contribution in [0.2, 0.25) is 5.02 Å². The normalized spacial score (nSPS) is 17.5. The average molecular weight is 531 g/mol. The Morgan fingerprint density at radius 3 is 2.78 bits per heavy atom. The molecule has 2 saturated heterocycles. The minimum absolute atomic E-state index is 0.0195. The molecule has 2 aromatic carbocycles. The molecule has 11 heteroatoms. The third kappa shape index (κ3) is 5.87. The van der Waals surface area contributed by atoms with Crippen LogP contribution in [0.3, 0.4) is 0 Å². The minimum atomic E-state index is -0.490. The molecule has 1 spiro atoms. The van der Waals surface area contributed by atoms with Crippen LogP contribution in [0.1, 0.15) is 19.3 Å². The molecule has 0 unspecified atom stereocenters. The SMILES string of the molecule is COc1cc2ncnc(Nc3ccc(F)c(Cl)c3)c2cc1OCCCN1CCC2(CC1)COCC(=O)O2. The predicted octanol–water partition coefficient (Wildman–Crippen LogP) is 4.35. The van der Waals surface area contributed by atoms with E-state index in [1.807, 2.05) is 6.07 Å². The second-order valence-corrected chi connectivity index (χ2v) is 9.60. The number of aromatic nitrogens is 2. The lowest BCUT2D eigenvalue weighted by atomic mass is 9.91. The third-order valence-electron chi connectivity index (χ3n) is 6.66. The van der Waals surface area contributed by atoms with Crippen molar-refractivity contribution in [3.8, 4) is 11.5 Å². The predicted molar refractivity (Wildman–Crippen MR) is 136 cm³/mol. The number of nitrogens with one attached hydrogen (secondary N) is 1. The summed E-state index contributed by atoms with van der Waals surface area (Å²) in [6.07, 6.45) is 3.80. The second-order valence-electron chi connectivity index (χ2n) is 9.19. The van der Waals surface area contributed by atoms with E-state index in [0.29, 0.717) is 41.7 Å². The lowest BCUT2D eigenvalue weighted by Gasteiger charge is -2.42. The molecule has 0 amide bonds. The fourth-order valence-electron chi connectivity index (χ4n) is 4.67. The topological polar surface area (TPSA) is 95.0 Å². The first-order chi connectivity index (χ1) is 17.9. The number of carbonyl (C=O) groups excluding carboxylic acids is 1. The smallest absolute Gasteiger partial charge is 0.332 e. The molecule has 0 bridgehead atoms. The molecule has 0 aliphatic carbocycles. The van der Waals surface area contributed by atoms with Crippen molar-refractivity contribution in [3.63, 3.8) is 0 Å². The van der Waals surface area contributed by atoms with Gasteiger partial charge < -0.3 is 29.2 Å². The summed E-state index contributed by atoms with van der Waals surface area (Å²) in [6, 6.07) is 8.02. The van der Waals surface area contributed by atoms with Crippen LogP contribution in [-0.2, 0) is 14.3 Å². The Labute approximate surface area is 218 Å². The van der Waals surface area contributed by atoms with E-state index < -0.39 is 11.4 Å². The first-order valence-corrected chi connectivity index (χ1v) is 12.5. The number of piperidine rings is 1. The van der Waals surface area contributed by atoms with Gasteiger partial charge in [-0.1, -0.05) is 11.6 Å². The van der Waals surface area contributed by atoms with Crippen LogP contribution >= 0.6 is 11.6 Å². The van der Waals surface area contributed by atoms with Gasteiger partial charge in [-0.15, -0.1) is 0 Å². The summed E-state index contributed by atoms with van der Waals surface area (Å²) in [5.74, 6) is 0.919. The van der Waals surface area contributed by atoms with Gasteiger partial charge in [0.25, 0.3) is 0 Å². The number of ether oxygens (including phenoxy) is 4. The summed E-state index contributed by atoms with van der Waals surface area (Å²) in [4.78, 5) is 22.7. The van der Waals surface area contributed by atoms with Crippen molar-refractivity contribution in [2.45, 2.75) is 24.9 Å². The number of likely N-dealkylation sites (tertiary alicyclic amines) is 1. The second kappa shape index (κ2) is 11.0. The maximum absolute atomic E-state index is 13.5. The number of benzene rings is 2. The number of hydrogen-bond acceptors (Lipinski definition) is 9. The number of methoxy groups -OCH3 is 1. The lowest BCUT2D eigenvalue weighted by Crippen LogP contribution is -2.53. The molecule has 0 atom stereocenters. The highest BCUT2D eigenvalue weighted by Gasteiger charge is 2.41. The van der Waals surface area contributed by atoms with Crippen molar-refractivity contribution < 1.29 is 28.1 Å². The van der Waals surface area contributed by atoms with E-state index in [0.717, 1.165) is 44.3 Å². The zero-order valence-corrected chi connectivity index (χ0v) is 21.2. The summed E-state index contributed by atoms with van der Waals surface area (Å²) in [7, 11) is 1.58. The zero-order valence-electron chi connectivity index (χ0n) is 20.5. The van der Waals surface area contributed by atoms with Crippen molar-refractivity contribution in [2.75, 3.05) is 51.9 Å². The summed E-state index contributed by atoms with van der Waals surface area (Å²) in [6.45, 7) is 3.57.